The van der Waals surface area contributed by atoms with E-state index < -0.39 is 11.8 Å². The molecule has 26 heavy (non-hydrogen) atoms. The van der Waals surface area contributed by atoms with Crippen molar-refractivity contribution in [2.24, 2.45) is 0 Å². The molecule has 132 valence electrons. The van der Waals surface area contributed by atoms with Crippen molar-refractivity contribution in [3.05, 3.63) is 66.4 Å². The lowest BCUT2D eigenvalue weighted by Crippen LogP contribution is -2.29. The second-order valence-corrected chi connectivity index (χ2v) is 6.09. The molecule has 0 unspecified atom stereocenters. The molecule has 2 N–H and O–H groups in total. The first-order valence-electron chi connectivity index (χ1n) is 8.72. The van der Waals surface area contributed by atoms with Crippen molar-refractivity contribution in [1.29, 1.82) is 0 Å². The average molecular weight is 347 g/mol. The zero-order valence-electron chi connectivity index (χ0n) is 14.7. The molecule has 0 aliphatic rings. The van der Waals surface area contributed by atoms with Gasteiger partial charge >= 0.3 is 11.8 Å². The Morgan fingerprint density at radius 2 is 1.65 bits per heavy atom. The van der Waals surface area contributed by atoms with Crippen LogP contribution in [0.4, 0.5) is 11.4 Å². The van der Waals surface area contributed by atoms with Gasteiger partial charge in [0.05, 0.1) is 11.2 Å². The maximum Gasteiger partial charge on any atom is 0.314 e. The number of aromatic nitrogens is 1. The number of hydrogen-bond acceptors (Lipinski definition) is 3. The van der Waals surface area contributed by atoms with Gasteiger partial charge in [0.25, 0.3) is 0 Å². The van der Waals surface area contributed by atoms with Crippen LogP contribution >= 0.6 is 0 Å². The summed E-state index contributed by atoms with van der Waals surface area (Å²) >= 11 is 0. The molecule has 0 bridgehead atoms. The quantitative estimate of drug-likeness (QED) is 0.681. The molecule has 5 heteroatoms. The molecule has 0 aliphatic heterocycles. The van der Waals surface area contributed by atoms with Gasteiger partial charge in [-0.3, -0.25) is 14.6 Å². The van der Waals surface area contributed by atoms with Gasteiger partial charge in [-0.15, -0.1) is 0 Å². The summed E-state index contributed by atoms with van der Waals surface area (Å²) in [4.78, 5) is 28.6. The summed E-state index contributed by atoms with van der Waals surface area (Å²) in [5.41, 5.74) is 2.98. The second-order valence-electron chi connectivity index (χ2n) is 6.09. The van der Waals surface area contributed by atoms with E-state index in [-0.39, 0.29) is 0 Å². The highest BCUT2D eigenvalue weighted by molar-refractivity contribution is 6.44. The van der Waals surface area contributed by atoms with Gasteiger partial charge < -0.3 is 10.6 Å². The number of benzene rings is 2. The number of nitrogens with zero attached hydrogens (tertiary/aromatic N) is 1. The summed E-state index contributed by atoms with van der Waals surface area (Å²) in [7, 11) is 0. The predicted molar refractivity (Wildman–Crippen MR) is 104 cm³/mol. The van der Waals surface area contributed by atoms with Crippen molar-refractivity contribution in [3.8, 4) is 0 Å². The molecule has 2 amide bonds. The number of aryl methyl sites for hydroxylation is 1. The molecule has 0 aliphatic carbocycles. The molecule has 3 rings (SSSR count). The van der Waals surface area contributed by atoms with E-state index >= 15 is 0 Å². The molecule has 0 saturated carbocycles. The molecular formula is C21H21N3O2. The van der Waals surface area contributed by atoms with Crippen LogP contribution in [0.3, 0.4) is 0 Å². The molecule has 0 saturated heterocycles. The van der Waals surface area contributed by atoms with E-state index in [4.69, 9.17) is 0 Å². The monoisotopic (exact) mass is 347 g/mol. The van der Waals surface area contributed by atoms with E-state index in [0.29, 0.717) is 16.9 Å². The van der Waals surface area contributed by atoms with Crippen LogP contribution in [0.15, 0.2) is 60.8 Å². The summed E-state index contributed by atoms with van der Waals surface area (Å²) in [5.74, 6) is -1.43. The SMILES string of the molecule is CCCCc1ccc(NC(=O)C(=O)Nc2cccc3cccnc23)cc1. The third kappa shape index (κ3) is 4.25. The number of nitrogens with one attached hydrogen (secondary N) is 2. The number of carbonyl (C=O) groups is 2. The van der Waals surface area contributed by atoms with Crippen LogP contribution in [0.2, 0.25) is 0 Å². The lowest BCUT2D eigenvalue weighted by atomic mass is 10.1. The number of anilines is 2. The van der Waals surface area contributed by atoms with E-state index in [1.807, 2.05) is 48.5 Å². The van der Waals surface area contributed by atoms with E-state index in [1.165, 1.54) is 5.56 Å². The average Bonchev–Trinajstić information content (AvgIpc) is 2.67. The highest BCUT2D eigenvalue weighted by atomic mass is 16.2. The van der Waals surface area contributed by atoms with Crippen molar-refractivity contribution >= 4 is 34.1 Å². The van der Waals surface area contributed by atoms with Crippen molar-refractivity contribution in [3.63, 3.8) is 0 Å². The molecule has 0 spiro atoms. The fraction of sp³-hybridized carbons (Fsp3) is 0.190. The number of fused-ring (bicyclic) bond motifs is 1. The van der Waals surface area contributed by atoms with Gasteiger partial charge in [0, 0.05) is 17.3 Å². The standard InChI is InChI=1S/C21H21N3O2/c1-2-3-6-15-10-12-17(13-11-15)23-20(25)21(26)24-18-9-4-7-16-8-5-14-22-19(16)18/h4-5,7-14H,2-3,6H2,1H3,(H,23,25)(H,24,26). The number of pyridine rings is 1. The Hall–Kier alpha value is -3.21. The predicted octanol–water partition coefficient (Wildman–Crippen LogP) is 4.15. The second kappa shape index (κ2) is 8.25. The Kier molecular flexibility index (Phi) is 5.59. The van der Waals surface area contributed by atoms with Gasteiger partial charge in [0.15, 0.2) is 0 Å². The van der Waals surface area contributed by atoms with Crippen molar-refractivity contribution in [2.45, 2.75) is 26.2 Å². The van der Waals surface area contributed by atoms with E-state index in [0.717, 1.165) is 24.6 Å². The van der Waals surface area contributed by atoms with Crippen LogP contribution in [-0.2, 0) is 16.0 Å². The molecule has 1 aromatic heterocycles. The zero-order chi connectivity index (χ0) is 18.4. The third-order valence-electron chi connectivity index (χ3n) is 4.12. The first-order chi connectivity index (χ1) is 12.7. The minimum atomic E-state index is -0.724. The first kappa shape index (κ1) is 17.6. The van der Waals surface area contributed by atoms with Crippen molar-refractivity contribution < 1.29 is 9.59 Å². The number of para-hydroxylation sites is 1. The summed E-state index contributed by atoms with van der Waals surface area (Å²) in [6, 6.07) is 16.7. The molecule has 1 heterocycles. The number of rotatable bonds is 5. The van der Waals surface area contributed by atoms with E-state index in [2.05, 4.69) is 22.5 Å². The van der Waals surface area contributed by atoms with Crippen molar-refractivity contribution in [2.75, 3.05) is 10.6 Å². The van der Waals surface area contributed by atoms with E-state index in [1.54, 1.807) is 12.3 Å². The molecule has 0 atom stereocenters. The van der Waals surface area contributed by atoms with Crippen LogP contribution in [0.5, 0.6) is 0 Å². The van der Waals surface area contributed by atoms with Gasteiger partial charge in [-0.05, 0) is 42.7 Å². The van der Waals surface area contributed by atoms with Gasteiger partial charge in [-0.2, -0.15) is 0 Å². The summed E-state index contributed by atoms with van der Waals surface area (Å²) < 4.78 is 0. The minimum Gasteiger partial charge on any atom is -0.318 e. The zero-order valence-corrected chi connectivity index (χ0v) is 14.7. The number of carbonyl (C=O) groups excluding carboxylic acids is 2. The Balaban J connectivity index is 1.65. The van der Waals surface area contributed by atoms with Gasteiger partial charge in [-0.25, -0.2) is 0 Å². The van der Waals surface area contributed by atoms with Gasteiger partial charge in [0.2, 0.25) is 0 Å². The van der Waals surface area contributed by atoms with E-state index in [9.17, 15) is 9.59 Å². The van der Waals surface area contributed by atoms with Crippen LogP contribution in [0.25, 0.3) is 10.9 Å². The smallest absolute Gasteiger partial charge is 0.314 e. The highest BCUT2D eigenvalue weighted by Crippen LogP contribution is 2.20. The fourth-order valence-corrected chi connectivity index (χ4v) is 2.71. The van der Waals surface area contributed by atoms with Crippen molar-refractivity contribution in [1.82, 2.24) is 4.98 Å². The Bertz CT molecular complexity index is 915. The number of amides is 2. The Morgan fingerprint density at radius 1 is 0.923 bits per heavy atom. The van der Waals surface area contributed by atoms with Crippen LogP contribution in [-0.4, -0.2) is 16.8 Å². The Labute approximate surface area is 152 Å². The molecule has 0 fully saturated rings. The fourth-order valence-electron chi connectivity index (χ4n) is 2.71. The molecule has 2 aromatic carbocycles. The summed E-state index contributed by atoms with van der Waals surface area (Å²) in [6.45, 7) is 2.15. The molecular weight excluding hydrogens is 326 g/mol. The third-order valence-corrected chi connectivity index (χ3v) is 4.12. The maximum atomic E-state index is 12.2. The lowest BCUT2D eigenvalue weighted by Gasteiger charge is -2.09. The topological polar surface area (TPSA) is 71.1 Å². The molecule has 0 radical (unpaired) electrons. The minimum absolute atomic E-state index is 0.512. The summed E-state index contributed by atoms with van der Waals surface area (Å²) in [5, 5.41) is 6.15. The molecule has 5 nitrogen and oxygen atoms in total. The summed E-state index contributed by atoms with van der Waals surface area (Å²) in [6.07, 6.45) is 4.94. The lowest BCUT2D eigenvalue weighted by molar-refractivity contribution is -0.132. The van der Waals surface area contributed by atoms with Gasteiger partial charge in [-0.1, -0.05) is 43.7 Å². The Morgan fingerprint density at radius 3 is 2.42 bits per heavy atom. The number of hydrogen-bond donors (Lipinski definition) is 2. The first-order valence-corrected chi connectivity index (χ1v) is 8.72. The van der Waals surface area contributed by atoms with Crippen LogP contribution < -0.4 is 10.6 Å². The van der Waals surface area contributed by atoms with Crippen LogP contribution in [0, 0.1) is 0 Å². The molecule has 3 aromatic rings. The van der Waals surface area contributed by atoms with Gasteiger partial charge in [0.1, 0.15) is 0 Å². The number of unbranched alkanes of at least 4 members (excludes halogenated alkanes) is 1. The normalized spacial score (nSPS) is 10.5. The van der Waals surface area contributed by atoms with Crippen LogP contribution in [0.1, 0.15) is 25.3 Å². The largest absolute Gasteiger partial charge is 0.318 e. The highest BCUT2D eigenvalue weighted by Gasteiger charge is 2.15. The maximum absolute atomic E-state index is 12.2.